The molecule has 1 heterocycles. The van der Waals surface area contributed by atoms with Crippen molar-refractivity contribution in [1.82, 2.24) is 10.2 Å². The van der Waals surface area contributed by atoms with Gasteiger partial charge in [-0.2, -0.15) is 0 Å². The second-order valence-electron chi connectivity index (χ2n) is 4.73. The van der Waals surface area contributed by atoms with Gasteiger partial charge < -0.3 is 16.0 Å². The smallest absolute Gasteiger partial charge is 0.224 e. The van der Waals surface area contributed by atoms with Crippen molar-refractivity contribution in [2.24, 2.45) is 11.7 Å². The summed E-state index contributed by atoms with van der Waals surface area (Å²) >= 11 is 0. The highest BCUT2D eigenvalue weighted by Gasteiger charge is 2.22. The first-order chi connectivity index (χ1) is 7.00. The molecule has 1 rings (SSSR count). The standard InChI is InChI=1S/C11H23N3O.2ClH/c1-8(9(2)12)11(15)13-10-4-6-14(3)7-5-10;;/h8-10H,4-7,12H2,1-3H3,(H,13,15);2*1H. The quantitative estimate of drug-likeness (QED) is 0.814. The molecular formula is C11H25Cl2N3O. The predicted molar refractivity (Wildman–Crippen MR) is 76.0 cm³/mol. The van der Waals surface area contributed by atoms with Crippen LogP contribution in [0.4, 0.5) is 0 Å². The van der Waals surface area contributed by atoms with Gasteiger partial charge in [-0.25, -0.2) is 0 Å². The molecule has 2 unspecified atom stereocenters. The highest BCUT2D eigenvalue weighted by molar-refractivity contribution is 5.85. The van der Waals surface area contributed by atoms with Crippen molar-refractivity contribution in [2.45, 2.75) is 38.8 Å². The van der Waals surface area contributed by atoms with Gasteiger partial charge in [-0.1, -0.05) is 6.92 Å². The molecule has 2 atom stereocenters. The Kier molecular flexibility index (Phi) is 10.2. The second kappa shape index (κ2) is 8.97. The molecule has 0 aromatic carbocycles. The van der Waals surface area contributed by atoms with Crippen LogP contribution in [-0.2, 0) is 4.79 Å². The van der Waals surface area contributed by atoms with Crippen LogP contribution in [0.3, 0.4) is 0 Å². The molecule has 6 heteroatoms. The fraction of sp³-hybridized carbons (Fsp3) is 0.909. The van der Waals surface area contributed by atoms with Crippen LogP contribution in [0.2, 0.25) is 0 Å². The number of hydrogen-bond donors (Lipinski definition) is 2. The molecule has 0 aromatic heterocycles. The van der Waals surface area contributed by atoms with Gasteiger partial charge in [0, 0.05) is 18.0 Å². The lowest BCUT2D eigenvalue weighted by atomic mass is 10.0. The van der Waals surface area contributed by atoms with Crippen LogP contribution in [0.15, 0.2) is 0 Å². The minimum absolute atomic E-state index is 0. The molecule has 1 aliphatic rings. The van der Waals surface area contributed by atoms with E-state index < -0.39 is 0 Å². The number of rotatable bonds is 3. The van der Waals surface area contributed by atoms with E-state index in [1.807, 2.05) is 13.8 Å². The van der Waals surface area contributed by atoms with Gasteiger partial charge >= 0.3 is 0 Å². The van der Waals surface area contributed by atoms with Crippen molar-refractivity contribution in [3.63, 3.8) is 0 Å². The first-order valence-corrected chi connectivity index (χ1v) is 5.75. The third-order valence-corrected chi connectivity index (χ3v) is 3.27. The lowest BCUT2D eigenvalue weighted by Crippen LogP contribution is -2.47. The van der Waals surface area contributed by atoms with Gasteiger partial charge in [0.15, 0.2) is 0 Å². The molecule has 0 bridgehead atoms. The number of likely N-dealkylation sites (tertiary alicyclic amines) is 1. The zero-order valence-corrected chi connectivity index (χ0v) is 12.4. The van der Waals surface area contributed by atoms with Crippen LogP contribution >= 0.6 is 24.8 Å². The highest BCUT2D eigenvalue weighted by atomic mass is 35.5. The van der Waals surface area contributed by atoms with Crippen LogP contribution in [0.25, 0.3) is 0 Å². The molecule has 1 amide bonds. The predicted octanol–water partition coefficient (Wildman–Crippen LogP) is 1.02. The molecule has 17 heavy (non-hydrogen) atoms. The summed E-state index contributed by atoms with van der Waals surface area (Å²) in [6, 6.07) is 0.270. The first kappa shape index (κ1) is 19.3. The Morgan fingerprint density at radius 2 is 1.76 bits per heavy atom. The molecule has 0 saturated carbocycles. The summed E-state index contributed by atoms with van der Waals surface area (Å²) in [6.07, 6.45) is 2.10. The molecule has 0 aliphatic carbocycles. The zero-order valence-electron chi connectivity index (χ0n) is 10.8. The number of hydrogen-bond acceptors (Lipinski definition) is 3. The van der Waals surface area contributed by atoms with Crippen LogP contribution < -0.4 is 11.1 Å². The van der Waals surface area contributed by atoms with Gasteiger partial charge in [0.2, 0.25) is 5.91 Å². The van der Waals surface area contributed by atoms with Crippen molar-refractivity contribution >= 4 is 30.7 Å². The van der Waals surface area contributed by atoms with Gasteiger partial charge in [-0.05, 0) is 39.9 Å². The lowest BCUT2D eigenvalue weighted by molar-refractivity contribution is -0.125. The minimum atomic E-state index is -0.0929. The normalized spacial score (nSPS) is 20.7. The largest absolute Gasteiger partial charge is 0.353 e. The van der Waals surface area contributed by atoms with Gasteiger partial charge in [0.25, 0.3) is 0 Å². The average molecular weight is 286 g/mol. The van der Waals surface area contributed by atoms with Crippen LogP contribution in [0.5, 0.6) is 0 Å². The molecule has 3 N–H and O–H groups in total. The first-order valence-electron chi connectivity index (χ1n) is 5.75. The Morgan fingerprint density at radius 1 is 1.29 bits per heavy atom. The van der Waals surface area contributed by atoms with E-state index in [2.05, 4.69) is 17.3 Å². The average Bonchev–Trinajstić information content (AvgIpc) is 2.20. The summed E-state index contributed by atoms with van der Waals surface area (Å²) < 4.78 is 0. The third kappa shape index (κ3) is 6.46. The number of piperidine rings is 1. The van der Waals surface area contributed by atoms with Crippen LogP contribution in [-0.4, -0.2) is 43.0 Å². The van der Waals surface area contributed by atoms with E-state index in [4.69, 9.17) is 5.73 Å². The summed E-state index contributed by atoms with van der Waals surface area (Å²) in [7, 11) is 2.11. The molecule has 1 fully saturated rings. The third-order valence-electron chi connectivity index (χ3n) is 3.27. The molecule has 1 saturated heterocycles. The van der Waals surface area contributed by atoms with Crippen molar-refractivity contribution in [3.8, 4) is 0 Å². The number of amides is 1. The number of nitrogens with two attached hydrogens (primary N) is 1. The molecule has 1 aliphatic heterocycles. The second-order valence-corrected chi connectivity index (χ2v) is 4.73. The topological polar surface area (TPSA) is 58.4 Å². The summed E-state index contributed by atoms with van der Waals surface area (Å²) in [6.45, 7) is 5.89. The van der Waals surface area contributed by atoms with Crippen molar-refractivity contribution in [2.75, 3.05) is 20.1 Å². The molecule has 4 nitrogen and oxygen atoms in total. The Hall–Kier alpha value is -0.0300. The van der Waals surface area contributed by atoms with Crippen LogP contribution in [0, 0.1) is 5.92 Å². The zero-order chi connectivity index (χ0) is 11.4. The molecule has 0 aromatic rings. The molecule has 0 spiro atoms. The lowest BCUT2D eigenvalue weighted by Gasteiger charge is -2.30. The van der Waals surface area contributed by atoms with E-state index in [0.29, 0.717) is 6.04 Å². The number of nitrogens with zero attached hydrogens (tertiary/aromatic N) is 1. The van der Waals surface area contributed by atoms with Gasteiger partial charge in [0.05, 0.1) is 0 Å². The van der Waals surface area contributed by atoms with Gasteiger partial charge in [-0.15, -0.1) is 24.8 Å². The maximum atomic E-state index is 11.7. The summed E-state index contributed by atoms with van der Waals surface area (Å²) in [5.74, 6) is 0.00390. The summed E-state index contributed by atoms with van der Waals surface area (Å²) in [5.41, 5.74) is 5.69. The molecule has 0 radical (unpaired) electrons. The Balaban J connectivity index is 0. The Labute approximate surface area is 117 Å². The number of nitrogens with one attached hydrogen (secondary N) is 1. The van der Waals surface area contributed by atoms with E-state index in [9.17, 15) is 4.79 Å². The summed E-state index contributed by atoms with van der Waals surface area (Å²) in [4.78, 5) is 14.0. The number of halogens is 2. The monoisotopic (exact) mass is 285 g/mol. The number of carbonyl (C=O) groups is 1. The molecular weight excluding hydrogens is 261 g/mol. The fourth-order valence-electron chi connectivity index (χ4n) is 1.72. The van der Waals surface area contributed by atoms with E-state index in [-0.39, 0.29) is 42.7 Å². The van der Waals surface area contributed by atoms with Gasteiger partial charge in [-0.3, -0.25) is 4.79 Å². The van der Waals surface area contributed by atoms with Crippen molar-refractivity contribution < 1.29 is 4.79 Å². The van der Waals surface area contributed by atoms with Crippen molar-refractivity contribution in [1.29, 1.82) is 0 Å². The van der Waals surface area contributed by atoms with Gasteiger partial charge in [0.1, 0.15) is 0 Å². The SMILES string of the molecule is CC(N)C(C)C(=O)NC1CCN(C)CC1.Cl.Cl. The maximum Gasteiger partial charge on any atom is 0.224 e. The molecule has 104 valence electrons. The van der Waals surface area contributed by atoms with E-state index >= 15 is 0 Å². The minimum Gasteiger partial charge on any atom is -0.353 e. The van der Waals surface area contributed by atoms with Crippen molar-refractivity contribution in [3.05, 3.63) is 0 Å². The highest BCUT2D eigenvalue weighted by Crippen LogP contribution is 2.09. The van der Waals surface area contributed by atoms with E-state index in [1.54, 1.807) is 0 Å². The maximum absolute atomic E-state index is 11.7. The Morgan fingerprint density at radius 3 is 2.18 bits per heavy atom. The van der Waals surface area contributed by atoms with E-state index in [1.165, 1.54) is 0 Å². The Bertz CT molecular complexity index is 219. The number of carbonyl (C=O) groups excluding carboxylic acids is 1. The van der Waals surface area contributed by atoms with E-state index in [0.717, 1.165) is 25.9 Å². The summed E-state index contributed by atoms with van der Waals surface area (Å²) in [5, 5.41) is 3.07. The fourth-order valence-corrected chi connectivity index (χ4v) is 1.72. The van der Waals surface area contributed by atoms with Crippen LogP contribution in [0.1, 0.15) is 26.7 Å².